The summed E-state index contributed by atoms with van der Waals surface area (Å²) in [5.41, 5.74) is 1.35. The summed E-state index contributed by atoms with van der Waals surface area (Å²) in [7, 11) is 0. The molecule has 1 aromatic rings. The molecule has 0 aromatic heterocycles. The first-order valence-corrected chi connectivity index (χ1v) is 7.63. The van der Waals surface area contributed by atoms with Gasteiger partial charge in [-0.05, 0) is 43.6 Å². The lowest BCUT2D eigenvalue weighted by Crippen LogP contribution is -2.41. The quantitative estimate of drug-likeness (QED) is 0.903. The van der Waals surface area contributed by atoms with Crippen molar-refractivity contribution < 1.29 is 9.84 Å². The van der Waals surface area contributed by atoms with Crippen molar-refractivity contribution in [2.45, 2.75) is 56.7 Å². The van der Waals surface area contributed by atoms with Gasteiger partial charge in [0, 0.05) is 6.61 Å². The summed E-state index contributed by atoms with van der Waals surface area (Å²) in [6.45, 7) is 0.830. The molecule has 1 saturated carbocycles. The van der Waals surface area contributed by atoms with Crippen LogP contribution in [0, 0.1) is 5.92 Å². The van der Waals surface area contributed by atoms with Crippen molar-refractivity contribution in [1.29, 1.82) is 0 Å². The van der Waals surface area contributed by atoms with Crippen LogP contribution in [0.25, 0.3) is 0 Å². The number of hydrogen-bond donors (Lipinski definition) is 1. The largest absolute Gasteiger partial charge is 0.392 e. The van der Waals surface area contributed by atoms with E-state index < -0.39 is 0 Å². The molecule has 0 radical (unpaired) electrons. The fourth-order valence-corrected chi connectivity index (χ4v) is 3.78. The molecule has 1 aliphatic carbocycles. The van der Waals surface area contributed by atoms with Crippen molar-refractivity contribution in [2.24, 2.45) is 5.92 Å². The molecule has 1 spiro atoms. The molecule has 19 heavy (non-hydrogen) atoms. The second kappa shape index (κ2) is 5.64. The van der Waals surface area contributed by atoms with Gasteiger partial charge < -0.3 is 9.84 Å². The summed E-state index contributed by atoms with van der Waals surface area (Å²) in [6, 6.07) is 10.3. The molecule has 2 unspecified atom stereocenters. The van der Waals surface area contributed by atoms with Crippen LogP contribution in [0.4, 0.5) is 0 Å². The number of ether oxygens (including phenoxy) is 1. The molecule has 0 bridgehead atoms. The number of hydrogen-bond acceptors (Lipinski definition) is 2. The molecule has 1 aliphatic heterocycles. The molecular formula is C17H24O2. The Hall–Kier alpha value is -0.860. The monoisotopic (exact) mass is 260 g/mol. The molecule has 2 atom stereocenters. The lowest BCUT2D eigenvalue weighted by molar-refractivity contribution is -0.112. The first-order valence-electron chi connectivity index (χ1n) is 7.63. The number of aliphatic hydroxyl groups excluding tert-OH is 1. The third-order valence-corrected chi connectivity index (χ3v) is 4.88. The Morgan fingerprint density at radius 2 is 1.95 bits per heavy atom. The highest BCUT2D eigenvalue weighted by Gasteiger charge is 2.41. The average molecular weight is 260 g/mol. The molecule has 2 fully saturated rings. The standard InChI is InChI=1S/C17H24O2/c18-16(12-14-6-2-1-3-7-14)15-8-11-19-17(13-15)9-4-5-10-17/h1-3,6-7,15-16,18H,4-5,8-13H2. The smallest absolute Gasteiger partial charge is 0.0686 e. The molecule has 104 valence electrons. The van der Waals surface area contributed by atoms with Gasteiger partial charge in [0.15, 0.2) is 0 Å². The predicted molar refractivity (Wildman–Crippen MR) is 76.0 cm³/mol. The highest BCUT2D eigenvalue weighted by atomic mass is 16.5. The zero-order valence-corrected chi connectivity index (χ0v) is 11.6. The molecule has 1 heterocycles. The third kappa shape index (κ3) is 3.01. The van der Waals surface area contributed by atoms with Gasteiger partial charge in [-0.1, -0.05) is 43.2 Å². The van der Waals surface area contributed by atoms with Gasteiger partial charge in [0.25, 0.3) is 0 Å². The average Bonchev–Trinajstić information content (AvgIpc) is 2.88. The van der Waals surface area contributed by atoms with Gasteiger partial charge in [0.1, 0.15) is 0 Å². The van der Waals surface area contributed by atoms with E-state index in [0.29, 0.717) is 5.92 Å². The Bertz CT molecular complexity index is 395. The van der Waals surface area contributed by atoms with Gasteiger partial charge >= 0.3 is 0 Å². The fourth-order valence-electron chi connectivity index (χ4n) is 3.78. The molecule has 1 saturated heterocycles. The van der Waals surface area contributed by atoms with E-state index >= 15 is 0 Å². The van der Waals surface area contributed by atoms with Gasteiger partial charge in [-0.15, -0.1) is 0 Å². The summed E-state index contributed by atoms with van der Waals surface area (Å²) in [5, 5.41) is 10.5. The minimum absolute atomic E-state index is 0.112. The zero-order valence-electron chi connectivity index (χ0n) is 11.6. The van der Waals surface area contributed by atoms with Crippen molar-refractivity contribution in [3.63, 3.8) is 0 Å². The van der Waals surface area contributed by atoms with E-state index in [1.807, 2.05) is 18.2 Å². The number of aliphatic hydroxyl groups is 1. The summed E-state index contributed by atoms with van der Waals surface area (Å²) >= 11 is 0. The maximum Gasteiger partial charge on any atom is 0.0686 e. The lowest BCUT2D eigenvalue weighted by Gasteiger charge is -2.40. The topological polar surface area (TPSA) is 29.5 Å². The maximum absolute atomic E-state index is 10.5. The van der Waals surface area contributed by atoms with Crippen LogP contribution in [0.15, 0.2) is 30.3 Å². The first kappa shape index (κ1) is 13.1. The Morgan fingerprint density at radius 3 is 2.68 bits per heavy atom. The van der Waals surface area contributed by atoms with Crippen molar-refractivity contribution in [1.82, 2.24) is 0 Å². The predicted octanol–water partition coefficient (Wildman–Crippen LogP) is 3.33. The SMILES string of the molecule is OC(Cc1ccccc1)C1CCOC2(CCCC2)C1. The van der Waals surface area contributed by atoms with E-state index in [1.165, 1.54) is 31.2 Å². The van der Waals surface area contributed by atoms with Gasteiger partial charge in [-0.3, -0.25) is 0 Å². The molecule has 2 nitrogen and oxygen atoms in total. The maximum atomic E-state index is 10.5. The molecule has 3 rings (SSSR count). The summed E-state index contributed by atoms with van der Waals surface area (Å²) in [4.78, 5) is 0. The summed E-state index contributed by atoms with van der Waals surface area (Å²) in [5.74, 6) is 0.409. The van der Waals surface area contributed by atoms with Crippen LogP contribution in [0.3, 0.4) is 0 Å². The second-order valence-electron chi connectivity index (χ2n) is 6.25. The van der Waals surface area contributed by atoms with Crippen LogP contribution >= 0.6 is 0 Å². The Kier molecular flexibility index (Phi) is 3.90. The van der Waals surface area contributed by atoms with E-state index in [0.717, 1.165) is 25.9 Å². The minimum atomic E-state index is -0.219. The number of benzene rings is 1. The van der Waals surface area contributed by atoms with Gasteiger partial charge in [-0.2, -0.15) is 0 Å². The van der Waals surface area contributed by atoms with Crippen molar-refractivity contribution in [3.8, 4) is 0 Å². The summed E-state index contributed by atoms with van der Waals surface area (Å²) < 4.78 is 6.05. The van der Waals surface area contributed by atoms with Gasteiger partial charge in [-0.25, -0.2) is 0 Å². The van der Waals surface area contributed by atoms with Crippen molar-refractivity contribution in [2.75, 3.05) is 6.61 Å². The normalized spacial score (nSPS) is 27.5. The van der Waals surface area contributed by atoms with Gasteiger partial charge in [0.05, 0.1) is 11.7 Å². The molecule has 0 amide bonds. The van der Waals surface area contributed by atoms with E-state index in [-0.39, 0.29) is 11.7 Å². The first-order chi connectivity index (χ1) is 9.27. The van der Waals surface area contributed by atoms with E-state index in [4.69, 9.17) is 4.74 Å². The Labute approximate surface area is 115 Å². The van der Waals surface area contributed by atoms with Crippen LogP contribution in [0.1, 0.15) is 44.1 Å². The molecule has 2 aliphatic rings. The van der Waals surface area contributed by atoms with Gasteiger partial charge in [0.2, 0.25) is 0 Å². The van der Waals surface area contributed by atoms with Crippen molar-refractivity contribution in [3.05, 3.63) is 35.9 Å². The Balaban J connectivity index is 1.61. The third-order valence-electron chi connectivity index (χ3n) is 4.88. The van der Waals surface area contributed by atoms with Crippen LogP contribution < -0.4 is 0 Å². The molecular weight excluding hydrogens is 236 g/mol. The zero-order chi connectivity index (χ0) is 13.1. The lowest BCUT2D eigenvalue weighted by atomic mass is 9.80. The highest BCUT2D eigenvalue weighted by molar-refractivity contribution is 5.15. The second-order valence-corrected chi connectivity index (χ2v) is 6.25. The minimum Gasteiger partial charge on any atom is -0.392 e. The Morgan fingerprint density at radius 1 is 1.21 bits per heavy atom. The van der Waals surface area contributed by atoms with Crippen LogP contribution in [0.2, 0.25) is 0 Å². The number of rotatable bonds is 3. The van der Waals surface area contributed by atoms with E-state index in [2.05, 4.69) is 12.1 Å². The van der Waals surface area contributed by atoms with E-state index in [1.54, 1.807) is 0 Å². The molecule has 1 aromatic carbocycles. The fraction of sp³-hybridized carbons (Fsp3) is 0.647. The summed E-state index contributed by atoms with van der Waals surface area (Å²) in [6.07, 6.45) is 7.61. The molecule has 1 N–H and O–H groups in total. The van der Waals surface area contributed by atoms with Crippen LogP contribution in [-0.4, -0.2) is 23.4 Å². The van der Waals surface area contributed by atoms with Crippen LogP contribution in [0.5, 0.6) is 0 Å². The molecule has 2 heteroatoms. The van der Waals surface area contributed by atoms with Crippen molar-refractivity contribution >= 4 is 0 Å². The van der Waals surface area contributed by atoms with Crippen LogP contribution in [-0.2, 0) is 11.2 Å². The van der Waals surface area contributed by atoms with E-state index in [9.17, 15) is 5.11 Å². The highest BCUT2D eigenvalue weighted by Crippen LogP contribution is 2.43.